The quantitative estimate of drug-likeness (QED) is 0.798. The molecular formula is C22H29N3O3. The van der Waals surface area contributed by atoms with Crippen LogP contribution in [0.15, 0.2) is 54.6 Å². The highest BCUT2D eigenvalue weighted by Gasteiger charge is 2.22. The van der Waals surface area contributed by atoms with E-state index < -0.39 is 0 Å². The zero-order valence-corrected chi connectivity index (χ0v) is 16.6. The summed E-state index contributed by atoms with van der Waals surface area (Å²) in [4.78, 5) is 16.7. The Morgan fingerprint density at radius 3 is 2.46 bits per heavy atom. The highest BCUT2D eigenvalue weighted by atomic mass is 16.5. The Morgan fingerprint density at radius 2 is 1.75 bits per heavy atom. The molecule has 1 N–H and O–H groups in total. The van der Waals surface area contributed by atoms with Crippen molar-refractivity contribution in [3.63, 3.8) is 0 Å². The molecule has 6 nitrogen and oxygen atoms in total. The molecule has 2 amide bonds. The van der Waals surface area contributed by atoms with E-state index in [0.717, 1.165) is 49.8 Å². The SMILES string of the molecule is COc1cccc(OCCN2CCN(C(=O)N[C@@H](C)c3ccccc3)CC2)c1. The van der Waals surface area contributed by atoms with Gasteiger partial charge in [-0.15, -0.1) is 0 Å². The Bertz CT molecular complexity index is 746. The van der Waals surface area contributed by atoms with Crippen molar-refractivity contribution in [1.82, 2.24) is 15.1 Å². The third-order valence-corrected chi connectivity index (χ3v) is 5.02. The molecule has 1 saturated heterocycles. The average Bonchev–Trinajstić information content (AvgIpc) is 2.75. The molecule has 3 rings (SSSR count). The van der Waals surface area contributed by atoms with Crippen LogP contribution in [0, 0.1) is 0 Å². The maximum absolute atomic E-state index is 12.5. The number of rotatable bonds is 7. The first kappa shape index (κ1) is 20.0. The summed E-state index contributed by atoms with van der Waals surface area (Å²) in [6.45, 7) is 6.64. The first-order valence-corrected chi connectivity index (χ1v) is 9.75. The maximum Gasteiger partial charge on any atom is 0.317 e. The van der Waals surface area contributed by atoms with Gasteiger partial charge in [-0.05, 0) is 24.6 Å². The first-order valence-electron chi connectivity index (χ1n) is 9.75. The van der Waals surface area contributed by atoms with Crippen LogP contribution in [0.25, 0.3) is 0 Å². The second-order valence-electron chi connectivity index (χ2n) is 6.94. The molecule has 1 aliphatic rings. The molecule has 0 aliphatic carbocycles. The molecule has 0 unspecified atom stereocenters. The largest absolute Gasteiger partial charge is 0.497 e. The number of hydrogen-bond acceptors (Lipinski definition) is 4. The molecule has 1 atom stereocenters. The molecule has 2 aromatic carbocycles. The van der Waals surface area contributed by atoms with Gasteiger partial charge in [0.2, 0.25) is 0 Å². The van der Waals surface area contributed by atoms with Crippen molar-refractivity contribution < 1.29 is 14.3 Å². The monoisotopic (exact) mass is 383 g/mol. The van der Waals surface area contributed by atoms with E-state index in [1.807, 2.05) is 66.4 Å². The fourth-order valence-electron chi connectivity index (χ4n) is 3.26. The van der Waals surface area contributed by atoms with E-state index in [9.17, 15) is 4.79 Å². The lowest BCUT2D eigenvalue weighted by molar-refractivity contribution is 0.125. The van der Waals surface area contributed by atoms with Gasteiger partial charge in [0.25, 0.3) is 0 Å². The number of urea groups is 1. The topological polar surface area (TPSA) is 54.0 Å². The molecule has 2 aromatic rings. The van der Waals surface area contributed by atoms with E-state index in [4.69, 9.17) is 9.47 Å². The Balaban J connectivity index is 1.37. The Hall–Kier alpha value is -2.73. The Kier molecular flexibility index (Phi) is 7.14. The number of carbonyl (C=O) groups is 1. The lowest BCUT2D eigenvalue weighted by Gasteiger charge is -2.35. The van der Waals surface area contributed by atoms with Gasteiger partial charge in [0.1, 0.15) is 18.1 Å². The van der Waals surface area contributed by atoms with Crippen LogP contribution in [0.5, 0.6) is 11.5 Å². The van der Waals surface area contributed by atoms with E-state index in [1.54, 1.807) is 7.11 Å². The molecule has 1 heterocycles. The molecule has 0 radical (unpaired) electrons. The summed E-state index contributed by atoms with van der Waals surface area (Å²) in [6.07, 6.45) is 0. The van der Waals surface area contributed by atoms with Crippen molar-refractivity contribution in [1.29, 1.82) is 0 Å². The van der Waals surface area contributed by atoms with Crippen molar-refractivity contribution >= 4 is 6.03 Å². The summed E-state index contributed by atoms with van der Waals surface area (Å²) < 4.78 is 11.0. The van der Waals surface area contributed by atoms with Gasteiger partial charge in [0.05, 0.1) is 13.2 Å². The number of methoxy groups -OCH3 is 1. The number of piperazine rings is 1. The number of nitrogens with one attached hydrogen (secondary N) is 1. The molecule has 0 aromatic heterocycles. The summed E-state index contributed by atoms with van der Waals surface area (Å²) in [7, 11) is 1.65. The molecule has 0 spiro atoms. The van der Waals surface area contributed by atoms with Crippen LogP contribution in [0.1, 0.15) is 18.5 Å². The molecule has 1 fully saturated rings. The number of ether oxygens (including phenoxy) is 2. The van der Waals surface area contributed by atoms with E-state index in [1.165, 1.54) is 0 Å². The van der Waals surface area contributed by atoms with Crippen LogP contribution in [0.4, 0.5) is 4.79 Å². The van der Waals surface area contributed by atoms with Gasteiger partial charge >= 0.3 is 6.03 Å². The smallest absolute Gasteiger partial charge is 0.317 e. The zero-order valence-electron chi connectivity index (χ0n) is 16.6. The molecule has 150 valence electrons. The van der Waals surface area contributed by atoms with Crippen LogP contribution in [0.3, 0.4) is 0 Å². The molecule has 28 heavy (non-hydrogen) atoms. The number of amides is 2. The lowest BCUT2D eigenvalue weighted by Crippen LogP contribution is -2.52. The molecule has 1 aliphatic heterocycles. The van der Waals surface area contributed by atoms with E-state index in [-0.39, 0.29) is 12.1 Å². The van der Waals surface area contributed by atoms with Crippen molar-refractivity contribution in [2.45, 2.75) is 13.0 Å². The maximum atomic E-state index is 12.5. The highest BCUT2D eigenvalue weighted by molar-refractivity contribution is 5.74. The van der Waals surface area contributed by atoms with Gasteiger partial charge < -0.3 is 19.7 Å². The summed E-state index contributed by atoms with van der Waals surface area (Å²) in [5.41, 5.74) is 1.11. The molecular weight excluding hydrogens is 354 g/mol. The van der Waals surface area contributed by atoms with Crippen molar-refractivity contribution in [2.24, 2.45) is 0 Å². The predicted molar refractivity (Wildman–Crippen MR) is 110 cm³/mol. The minimum Gasteiger partial charge on any atom is -0.497 e. The van der Waals surface area contributed by atoms with Gasteiger partial charge in [-0.25, -0.2) is 4.79 Å². The number of carbonyl (C=O) groups excluding carboxylic acids is 1. The molecule has 6 heteroatoms. The lowest BCUT2D eigenvalue weighted by atomic mass is 10.1. The van der Waals surface area contributed by atoms with Crippen LogP contribution in [0.2, 0.25) is 0 Å². The number of benzene rings is 2. The number of nitrogens with zero attached hydrogens (tertiary/aromatic N) is 2. The summed E-state index contributed by atoms with van der Waals surface area (Å²) in [6, 6.07) is 17.7. The number of hydrogen-bond donors (Lipinski definition) is 1. The van der Waals surface area contributed by atoms with Crippen LogP contribution >= 0.6 is 0 Å². The van der Waals surface area contributed by atoms with Crippen molar-refractivity contribution in [3.05, 3.63) is 60.2 Å². The first-order chi connectivity index (χ1) is 13.7. The second kappa shape index (κ2) is 9.99. The third kappa shape index (κ3) is 5.63. The third-order valence-electron chi connectivity index (χ3n) is 5.02. The summed E-state index contributed by atoms with van der Waals surface area (Å²) >= 11 is 0. The van der Waals surface area contributed by atoms with Gasteiger partial charge in [-0.3, -0.25) is 4.90 Å². The molecule has 0 bridgehead atoms. The van der Waals surface area contributed by atoms with Crippen LogP contribution in [-0.2, 0) is 0 Å². The van der Waals surface area contributed by atoms with E-state index >= 15 is 0 Å². The standard InChI is InChI=1S/C22H29N3O3/c1-18(19-7-4-3-5-8-19)23-22(26)25-13-11-24(12-14-25)15-16-28-21-10-6-9-20(17-21)27-2/h3-10,17-18H,11-16H2,1-2H3,(H,23,26)/t18-/m0/s1. The molecule has 0 saturated carbocycles. The summed E-state index contributed by atoms with van der Waals surface area (Å²) in [5, 5.41) is 3.09. The Labute approximate surface area is 167 Å². The van der Waals surface area contributed by atoms with Crippen LogP contribution in [-0.4, -0.2) is 62.3 Å². The average molecular weight is 383 g/mol. The Morgan fingerprint density at radius 1 is 1.04 bits per heavy atom. The van der Waals surface area contributed by atoms with Crippen molar-refractivity contribution in [2.75, 3.05) is 46.4 Å². The van der Waals surface area contributed by atoms with Gasteiger partial charge in [-0.1, -0.05) is 36.4 Å². The fourth-order valence-corrected chi connectivity index (χ4v) is 3.26. The van der Waals surface area contributed by atoms with E-state index in [2.05, 4.69) is 10.2 Å². The minimum atomic E-state index is 0.00277. The van der Waals surface area contributed by atoms with Gasteiger partial charge in [-0.2, -0.15) is 0 Å². The predicted octanol–water partition coefficient (Wildman–Crippen LogP) is 3.16. The highest BCUT2D eigenvalue weighted by Crippen LogP contribution is 2.18. The fraction of sp³-hybridized carbons (Fsp3) is 0.409. The second-order valence-corrected chi connectivity index (χ2v) is 6.94. The zero-order chi connectivity index (χ0) is 19.8. The van der Waals surface area contributed by atoms with Crippen LogP contribution < -0.4 is 14.8 Å². The van der Waals surface area contributed by atoms with Crippen molar-refractivity contribution in [3.8, 4) is 11.5 Å². The van der Waals surface area contributed by atoms with Gasteiger partial charge in [0, 0.05) is 38.8 Å². The minimum absolute atomic E-state index is 0.00277. The van der Waals surface area contributed by atoms with E-state index in [0.29, 0.717) is 6.61 Å². The normalized spacial score (nSPS) is 15.7. The summed E-state index contributed by atoms with van der Waals surface area (Å²) in [5.74, 6) is 1.61. The van der Waals surface area contributed by atoms with Gasteiger partial charge in [0.15, 0.2) is 0 Å².